The third-order valence-electron chi connectivity index (χ3n) is 3.56. The van der Waals surface area contributed by atoms with Crippen molar-refractivity contribution in [1.29, 1.82) is 0 Å². The molecular weight excluding hydrogens is 315 g/mol. The van der Waals surface area contributed by atoms with Crippen LogP contribution in [0.1, 0.15) is 16.7 Å². The van der Waals surface area contributed by atoms with Crippen LogP contribution < -0.4 is 5.32 Å². The molecule has 122 valence electrons. The molecule has 0 unspecified atom stereocenters. The zero-order valence-electron chi connectivity index (χ0n) is 13.5. The molecule has 0 saturated heterocycles. The number of anilines is 1. The maximum atomic E-state index is 13.8. The molecule has 0 heterocycles. The molecule has 0 aromatic heterocycles. The van der Waals surface area contributed by atoms with Crippen molar-refractivity contribution in [3.8, 4) is 0 Å². The summed E-state index contributed by atoms with van der Waals surface area (Å²) in [4.78, 5) is 13.9. The molecule has 2 aromatic rings. The maximum absolute atomic E-state index is 13.8. The Kier molecular flexibility index (Phi) is 5.74. The van der Waals surface area contributed by atoms with Gasteiger partial charge in [-0.1, -0.05) is 35.4 Å². The van der Waals surface area contributed by atoms with E-state index >= 15 is 0 Å². The average molecular weight is 335 g/mol. The molecule has 2 aromatic carbocycles. The Balaban J connectivity index is 1.97. The van der Waals surface area contributed by atoms with Crippen LogP contribution in [0.25, 0.3) is 0 Å². The highest BCUT2D eigenvalue weighted by Crippen LogP contribution is 2.20. The molecule has 0 aliphatic rings. The summed E-state index contributed by atoms with van der Waals surface area (Å²) < 4.78 is 13.8. The van der Waals surface area contributed by atoms with E-state index in [1.807, 2.05) is 32.0 Å². The minimum absolute atomic E-state index is 0.146. The minimum Gasteiger partial charge on any atom is -0.325 e. The summed E-state index contributed by atoms with van der Waals surface area (Å²) in [7, 11) is 1.75. The summed E-state index contributed by atoms with van der Waals surface area (Å²) in [6.07, 6.45) is 0. The van der Waals surface area contributed by atoms with E-state index in [1.165, 1.54) is 6.07 Å². The Labute approximate surface area is 141 Å². The van der Waals surface area contributed by atoms with Gasteiger partial charge in [-0.3, -0.25) is 9.69 Å². The molecule has 5 heteroatoms. The van der Waals surface area contributed by atoms with Gasteiger partial charge in [-0.15, -0.1) is 0 Å². The number of carbonyl (C=O) groups excluding carboxylic acids is 1. The van der Waals surface area contributed by atoms with E-state index in [2.05, 4.69) is 5.32 Å². The highest BCUT2D eigenvalue weighted by atomic mass is 35.5. The molecule has 0 atom stereocenters. The Morgan fingerprint density at radius 1 is 1.26 bits per heavy atom. The molecule has 0 fully saturated rings. The van der Waals surface area contributed by atoms with Gasteiger partial charge < -0.3 is 5.32 Å². The number of carbonyl (C=O) groups is 1. The molecule has 1 amide bonds. The molecule has 1 N–H and O–H groups in total. The van der Waals surface area contributed by atoms with Gasteiger partial charge in [-0.25, -0.2) is 4.39 Å². The number of nitrogens with zero attached hydrogens (tertiary/aromatic N) is 1. The first-order chi connectivity index (χ1) is 10.9. The lowest BCUT2D eigenvalue weighted by Gasteiger charge is -2.18. The monoisotopic (exact) mass is 334 g/mol. The largest absolute Gasteiger partial charge is 0.325 e. The molecule has 0 aliphatic carbocycles. The van der Waals surface area contributed by atoms with Crippen LogP contribution in [0.5, 0.6) is 0 Å². The second-order valence-corrected chi connectivity index (χ2v) is 6.15. The summed E-state index contributed by atoms with van der Waals surface area (Å²) in [5.74, 6) is -0.508. The molecule has 23 heavy (non-hydrogen) atoms. The van der Waals surface area contributed by atoms with Crippen molar-refractivity contribution in [2.75, 3.05) is 18.9 Å². The zero-order chi connectivity index (χ0) is 17.0. The molecule has 0 radical (unpaired) electrons. The predicted molar refractivity (Wildman–Crippen MR) is 92.3 cm³/mol. The van der Waals surface area contributed by atoms with Gasteiger partial charge in [0.15, 0.2) is 0 Å². The van der Waals surface area contributed by atoms with Gasteiger partial charge in [0.2, 0.25) is 5.91 Å². The Hall–Kier alpha value is -1.91. The molecule has 2 rings (SSSR count). The van der Waals surface area contributed by atoms with E-state index in [4.69, 9.17) is 11.6 Å². The number of nitrogens with one attached hydrogen (secondary N) is 1. The number of hydrogen-bond donors (Lipinski definition) is 1. The number of aryl methyl sites for hydroxylation is 2. The molecule has 3 nitrogen and oxygen atoms in total. The number of halogens is 2. The molecule has 0 spiro atoms. The highest BCUT2D eigenvalue weighted by molar-refractivity contribution is 6.31. The van der Waals surface area contributed by atoms with E-state index in [0.29, 0.717) is 10.6 Å². The number of rotatable bonds is 5. The summed E-state index contributed by atoms with van der Waals surface area (Å²) in [6.45, 7) is 4.37. The summed E-state index contributed by atoms with van der Waals surface area (Å²) in [5.41, 5.74) is 3.35. The van der Waals surface area contributed by atoms with Gasteiger partial charge in [0.25, 0.3) is 0 Å². The normalized spacial score (nSPS) is 10.9. The van der Waals surface area contributed by atoms with Gasteiger partial charge >= 0.3 is 0 Å². The quantitative estimate of drug-likeness (QED) is 0.890. The number of likely N-dealkylation sites (N-methyl/N-ethyl adjacent to an activating group) is 1. The zero-order valence-corrected chi connectivity index (χ0v) is 14.2. The van der Waals surface area contributed by atoms with Crippen LogP contribution >= 0.6 is 11.6 Å². The van der Waals surface area contributed by atoms with Crippen molar-refractivity contribution < 1.29 is 9.18 Å². The average Bonchev–Trinajstić information content (AvgIpc) is 2.46. The minimum atomic E-state index is -0.362. The second kappa shape index (κ2) is 7.57. The SMILES string of the molecule is Cc1ccc(NC(=O)CN(C)Cc2c(F)cccc2Cl)c(C)c1. The lowest BCUT2D eigenvalue weighted by Crippen LogP contribution is -2.30. The first kappa shape index (κ1) is 17.4. The summed E-state index contributed by atoms with van der Waals surface area (Å²) in [5, 5.41) is 3.24. The third-order valence-corrected chi connectivity index (χ3v) is 3.91. The molecule has 0 aliphatic heterocycles. The molecule has 0 saturated carbocycles. The first-order valence-electron chi connectivity index (χ1n) is 7.35. The molecular formula is C18H20ClFN2O. The fourth-order valence-electron chi connectivity index (χ4n) is 2.40. The number of hydrogen-bond acceptors (Lipinski definition) is 2. The van der Waals surface area contributed by atoms with Crippen molar-refractivity contribution in [2.45, 2.75) is 20.4 Å². The van der Waals surface area contributed by atoms with E-state index < -0.39 is 0 Å². The van der Waals surface area contributed by atoms with Crippen molar-refractivity contribution in [2.24, 2.45) is 0 Å². The van der Waals surface area contributed by atoms with Crippen LogP contribution in [-0.2, 0) is 11.3 Å². The van der Waals surface area contributed by atoms with E-state index in [0.717, 1.165) is 16.8 Å². The van der Waals surface area contributed by atoms with Crippen LogP contribution in [0.3, 0.4) is 0 Å². The smallest absolute Gasteiger partial charge is 0.238 e. The lowest BCUT2D eigenvalue weighted by molar-refractivity contribution is -0.117. The first-order valence-corrected chi connectivity index (χ1v) is 7.73. The second-order valence-electron chi connectivity index (χ2n) is 5.74. The van der Waals surface area contributed by atoms with Crippen LogP contribution in [0.2, 0.25) is 5.02 Å². The van der Waals surface area contributed by atoms with Crippen LogP contribution in [0, 0.1) is 19.7 Å². The molecule has 0 bridgehead atoms. The lowest BCUT2D eigenvalue weighted by atomic mass is 10.1. The maximum Gasteiger partial charge on any atom is 0.238 e. The van der Waals surface area contributed by atoms with Gasteiger partial charge in [-0.2, -0.15) is 0 Å². The van der Waals surface area contributed by atoms with Crippen LogP contribution in [-0.4, -0.2) is 24.4 Å². The third kappa shape index (κ3) is 4.78. The number of amides is 1. The van der Waals surface area contributed by atoms with Crippen LogP contribution in [0.15, 0.2) is 36.4 Å². The fraction of sp³-hybridized carbons (Fsp3) is 0.278. The Morgan fingerprint density at radius 3 is 2.65 bits per heavy atom. The van der Waals surface area contributed by atoms with Crippen molar-refractivity contribution in [1.82, 2.24) is 4.90 Å². The van der Waals surface area contributed by atoms with E-state index in [-0.39, 0.29) is 24.8 Å². The van der Waals surface area contributed by atoms with E-state index in [1.54, 1.807) is 24.1 Å². The van der Waals surface area contributed by atoms with Crippen LogP contribution in [0.4, 0.5) is 10.1 Å². The van der Waals surface area contributed by atoms with Gasteiger partial charge in [0, 0.05) is 22.8 Å². The fourth-order valence-corrected chi connectivity index (χ4v) is 2.62. The van der Waals surface area contributed by atoms with E-state index in [9.17, 15) is 9.18 Å². The highest BCUT2D eigenvalue weighted by Gasteiger charge is 2.13. The Morgan fingerprint density at radius 2 is 2.00 bits per heavy atom. The van der Waals surface area contributed by atoms with Gasteiger partial charge in [0.1, 0.15) is 5.82 Å². The topological polar surface area (TPSA) is 32.3 Å². The predicted octanol–water partition coefficient (Wildman–Crippen LogP) is 4.17. The van der Waals surface area contributed by atoms with Crippen molar-refractivity contribution in [3.63, 3.8) is 0 Å². The summed E-state index contributed by atoms with van der Waals surface area (Å²) >= 11 is 6.01. The Bertz CT molecular complexity index is 698. The van der Waals surface area contributed by atoms with Gasteiger partial charge in [-0.05, 0) is 44.7 Å². The van der Waals surface area contributed by atoms with Crippen molar-refractivity contribution >= 4 is 23.2 Å². The van der Waals surface area contributed by atoms with Crippen molar-refractivity contribution in [3.05, 3.63) is 63.9 Å². The number of benzene rings is 2. The standard InChI is InChI=1S/C18H20ClFN2O/c1-12-7-8-17(13(2)9-12)21-18(23)11-22(3)10-14-15(19)5-4-6-16(14)20/h4-9H,10-11H2,1-3H3,(H,21,23). The van der Waals surface area contributed by atoms with Gasteiger partial charge in [0.05, 0.1) is 6.54 Å². The summed E-state index contributed by atoms with van der Waals surface area (Å²) in [6, 6.07) is 10.4.